The second kappa shape index (κ2) is 12.0. The molecule has 0 heterocycles. The van der Waals surface area contributed by atoms with Crippen molar-refractivity contribution >= 4 is 21.7 Å². The minimum Gasteiger partial charge on any atom is -0.493 e. The monoisotopic (exact) mass is 487 g/mol. The molecule has 34 heavy (non-hydrogen) atoms. The van der Waals surface area contributed by atoms with Crippen LogP contribution in [-0.4, -0.2) is 45.9 Å². The summed E-state index contributed by atoms with van der Waals surface area (Å²) >= 11 is 0. The summed E-state index contributed by atoms with van der Waals surface area (Å²) < 4.78 is 36.9. The highest BCUT2D eigenvalue weighted by Crippen LogP contribution is 2.34. The molecule has 1 saturated carbocycles. The molecule has 0 spiro atoms. The Labute approximate surface area is 201 Å². The van der Waals surface area contributed by atoms with E-state index < -0.39 is 9.84 Å². The van der Waals surface area contributed by atoms with E-state index in [-0.39, 0.29) is 23.5 Å². The van der Waals surface area contributed by atoms with Crippen molar-refractivity contribution in [3.05, 3.63) is 48.0 Å². The summed E-state index contributed by atoms with van der Waals surface area (Å²) in [7, 11) is -1.67. The van der Waals surface area contributed by atoms with Crippen LogP contribution in [-0.2, 0) is 25.8 Å². The Morgan fingerprint density at radius 2 is 1.82 bits per heavy atom. The average Bonchev–Trinajstić information content (AvgIpc) is 3.36. The summed E-state index contributed by atoms with van der Waals surface area (Å²) in [6.07, 6.45) is 4.77. The highest BCUT2D eigenvalue weighted by molar-refractivity contribution is 7.92. The minimum absolute atomic E-state index is 0.190. The molecule has 0 radical (unpaired) electrons. The lowest BCUT2D eigenvalue weighted by atomic mass is 10.0. The molecule has 8 nitrogen and oxygen atoms in total. The van der Waals surface area contributed by atoms with Crippen molar-refractivity contribution in [2.75, 3.05) is 20.3 Å². The van der Waals surface area contributed by atoms with E-state index in [2.05, 4.69) is 5.32 Å². The van der Waals surface area contributed by atoms with Gasteiger partial charge in [0.1, 0.15) is 5.75 Å². The summed E-state index contributed by atoms with van der Waals surface area (Å²) in [5, 5.41) is 9.15. The molecular weight excluding hydrogens is 454 g/mol. The standard InChI is InChI=1S/C25H33N3O5S/c1-32-15-4-16-33-23-17-18(8-14-24(29)28-25(26)27)7-13-22(23)19-9-11-21(12-10-19)34(30,31)20-5-2-3-6-20/h7,9-13,17,20H,2-6,8,14-16H2,1H3,(H4,26,27,28,29). The van der Waals surface area contributed by atoms with Crippen molar-refractivity contribution in [3.8, 4) is 16.9 Å². The normalized spacial score (nSPS) is 14.1. The van der Waals surface area contributed by atoms with Gasteiger partial charge in [0.05, 0.1) is 16.8 Å². The van der Waals surface area contributed by atoms with Crippen LogP contribution in [0, 0.1) is 5.41 Å². The number of sulfone groups is 1. The molecule has 0 aromatic heterocycles. The number of rotatable bonds is 11. The number of carbonyl (C=O) groups excluding carboxylic acids is 1. The summed E-state index contributed by atoms with van der Waals surface area (Å²) in [5.41, 5.74) is 7.81. The van der Waals surface area contributed by atoms with E-state index in [1.54, 1.807) is 19.2 Å². The third-order valence-electron chi connectivity index (χ3n) is 5.95. The van der Waals surface area contributed by atoms with Gasteiger partial charge >= 0.3 is 0 Å². The first-order valence-corrected chi connectivity index (χ1v) is 13.1. The molecule has 1 aliphatic rings. The van der Waals surface area contributed by atoms with Crippen molar-refractivity contribution in [1.82, 2.24) is 5.32 Å². The van der Waals surface area contributed by atoms with Crippen LogP contribution in [0.3, 0.4) is 0 Å². The van der Waals surface area contributed by atoms with Crippen LogP contribution in [0.15, 0.2) is 47.4 Å². The molecule has 0 bridgehead atoms. The van der Waals surface area contributed by atoms with Gasteiger partial charge in [-0.1, -0.05) is 37.1 Å². The fourth-order valence-electron chi connectivity index (χ4n) is 4.15. The first-order chi connectivity index (χ1) is 16.3. The fraction of sp³-hybridized carbons (Fsp3) is 0.440. The van der Waals surface area contributed by atoms with Gasteiger partial charge in [-0.2, -0.15) is 0 Å². The highest BCUT2D eigenvalue weighted by atomic mass is 32.2. The predicted molar refractivity (Wildman–Crippen MR) is 132 cm³/mol. The van der Waals surface area contributed by atoms with E-state index in [1.807, 2.05) is 30.3 Å². The molecule has 2 aromatic carbocycles. The average molecular weight is 488 g/mol. The maximum absolute atomic E-state index is 12.9. The van der Waals surface area contributed by atoms with Gasteiger partial charge in [-0.15, -0.1) is 0 Å². The molecule has 1 fully saturated rings. The van der Waals surface area contributed by atoms with Gasteiger partial charge in [0.2, 0.25) is 5.91 Å². The van der Waals surface area contributed by atoms with Crippen molar-refractivity contribution < 1.29 is 22.7 Å². The van der Waals surface area contributed by atoms with Gasteiger partial charge in [-0.3, -0.25) is 15.5 Å². The van der Waals surface area contributed by atoms with Gasteiger partial charge in [-0.05, 0) is 48.6 Å². The summed E-state index contributed by atoms with van der Waals surface area (Å²) in [4.78, 5) is 12.2. The molecule has 4 N–H and O–H groups in total. The Morgan fingerprint density at radius 1 is 1.12 bits per heavy atom. The number of amides is 1. The summed E-state index contributed by atoms with van der Waals surface area (Å²) in [5.74, 6) is -0.0360. The summed E-state index contributed by atoms with van der Waals surface area (Å²) in [6, 6.07) is 12.7. The van der Waals surface area contributed by atoms with Crippen LogP contribution in [0.25, 0.3) is 11.1 Å². The number of benzene rings is 2. The van der Waals surface area contributed by atoms with Crippen molar-refractivity contribution in [2.45, 2.75) is 55.1 Å². The zero-order valence-corrected chi connectivity index (χ0v) is 20.3. The maximum atomic E-state index is 12.9. The van der Waals surface area contributed by atoms with Crippen molar-refractivity contribution in [3.63, 3.8) is 0 Å². The number of carbonyl (C=O) groups is 1. The predicted octanol–water partition coefficient (Wildman–Crippen LogP) is 3.43. The number of nitrogens with one attached hydrogen (secondary N) is 2. The number of nitrogens with two attached hydrogens (primary N) is 1. The molecule has 3 rings (SSSR count). The first kappa shape index (κ1) is 25.7. The summed E-state index contributed by atoms with van der Waals surface area (Å²) in [6.45, 7) is 1.04. The molecule has 184 valence electrons. The lowest BCUT2D eigenvalue weighted by Crippen LogP contribution is -2.35. The topological polar surface area (TPSA) is 132 Å². The van der Waals surface area contributed by atoms with E-state index in [4.69, 9.17) is 20.6 Å². The highest BCUT2D eigenvalue weighted by Gasteiger charge is 2.30. The number of aryl methyl sites for hydroxylation is 1. The quantitative estimate of drug-likeness (QED) is 0.253. The largest absolute Gasteiger partial charge is 0.493 e. The van der Waals surface area contributed by atoms with Crippen LogP contribution >= 0.6 is 0 Å². The minimum atomic E-state index is -3.31. The number of hydrogen-bond acceptors (Lipinski definition) is 6. The first-order valence-electron chi connectivity index (χ1n) is 11.5. The molecule has 0 aliphatic heterocycles. The zero-order valence-electron chi connectivity index (χ0n) is 19.5. The SMILES string of the molecule is COCCCOc1cc(CCC(=O)NC(=N)N)ccc1-c1ccc(S(=O)(=O)C2CCCC2)cc1. The molecule has 0 unspecified atom stereocenters. The molecule has 0 saturated heterocycles. The smallest absolute Gasteiger partial charge is 0.226 e. The lowest BCUT2D eigenvalue weighted by molar-refractivity contribution is -0.119. The second-order valence-corrected chi connectivity index (χ2v) is 10.7. The van der Waals surface area contributed by atoms with Crippen molar-refractivity contribution in [2.24, 2.45) is 5.73 Å². The fourth-order valence-corrected chi connectivity index (χ4v) is 6.01. The Bertz CT molecular complexity index is 1090. The molecule has 1 aliphatic carbocycles. The van der Waals surface area contributed by atoms with E-state index in [1.165, 1.54) is 0 Å². The van der Waals surface area contributed by atoms with E-state index in [0.29, 0.717) is 30.3 Å². The molecular formula is C25H33N3O5S. The van der Waals surface area contributed by atoms with Crippen LogP contribution in [0.5, 0.6) is 5.75 Å². The van der Waals surface area contributed by atoms with Crippen LogP contribution in [0.2, 0.25) is 0 Å². The van der Waals surface area contributed by atoms with E-state index in [9.17, 15) is 13.2 Å². The maximum Gasteiger partial charge on any atom is 0.226 e. The van der Waals surface area contributed by atoms with E-state index in [0.717, 1.165) is 48.8 Å². The van der Waals surface area contributed by atoms with Gasteiger partial charge in [0.25, 0.3) is 0 Å². The molecule has 1 amide bonds. The van der Waals surface area contributed by atoms with Gasteiger partial charge in [0, 0.05) is 32.1 Å². The zero-order chi connectivity index (χ0) is 24.6. The Balaban J connectivity index is 1.80. The van der Waals surface area contributed by atoms with Crippen LogP contribution in [0.1, 0.15) is 44.1 Å². The Kier molecular flexibility index (Phi) is 9.06. The molecule has 9 heteroatoms. The molecule has 0 atom stereocenters. The Morgan fingerprint density at radius 3 is 2.47 bits per heavy atom. The third-order valence-corrected chi connectivity index (χ3v) is 8.22. The lowest BCUT2D eigenvalue weighted by Gasteiger charge is -2.15. The van der Waals surface area contributed by atoms with Gasteiger partial charge < -0.3 is 15.2 Å². The second-order valence-electron chi connectivity index (χ2n) is 8.46. The number of hydrogen-bond donors (Lipinski definition) is 3. The Hall–Kier alpha value is -2.91. The van der Waals surface area contributed by atoms with Gasteiger partial charge in [-0.25, -0.2) is 8.42 Å². The van der Waals surface area contributed by atoms with Gasteiger partial charge in [0.15, 0.2) is 15.8 Å². The number of ether oxygens (including phenoxy) is 2. The van der Waals surface area contributed by atoms with E-state index >= 15 is 0 Å². The molecule has 2 aromatic rings. The van der Waals surface area contributed by atoms with Crippen LogP contribution in [0.4, 0.5) is 0 Å². The number of methoxy groups -OCH3 is 1. The number of guanidine groups is 1. The van der Waals surface area contributed by atoms with Crippen LogP contribution < -0.4 is 15.8 Å². The van der Waals surface area contributed by atoms with Crippen molar-refractivity contribution in [1.29, 1.82) is 5.41 Å². The third kappa shape index (κ3) is 6.80.